The molecule has 0 radical (unpaired) electrons. The van der Waals surface area contributed by atoms with E-state index in [-0.39, 0.29) is 5.97 Å². The van der Waals surface area contributed by atoms with E-state index in [9.17, 15) is 4.79 Å². The first-order valence-electron chi connectivity index (χ1n) is 5.37. The smallest absolute Gasteiger partial charge is 0.333 e. The van der Waals surface area contributed by atoms with Crippen LogP contribution in [-0.4, -0.2) is 28.8 Å². The van der Waals surface area contributed by atoms with Crippen LogP contribution < -0.4 is 11.5 Å². The molecule has 0 aliphatic heterocycles. The third kappa shape index (κ3) is 4.25. The molecule has 0 aromatic carbocycles. The van der Waals surface area contributed by atoms with Gasteiger partial charge in [-0.15, -0.1) is 0 Å². The Kier molecular flexibility index (Phi) is 5.44. The van der Waals surface area contributed by atoms with E-state index in [1.165, 1.54) is 24.9 Å². The van der Waals surface area contributed by atoms with E-state index < -0.39 is 0 Å². The second kappa shape index (κ2) is 6.85. The number of nitrogen functional groups attached to an aromatic ring is 2. The van der Waals surface area contributed by atoms with E-state index in [2.05, 4.69) is 14.7 Å². The third-order valence-electron chi connectivity index (χ3n) is 2.12. The number of ether oxygens (including phenoxy) is 1. The number of hydrogen-bond donors (Lipinski definition) is 2. The summed E-state index contributed by atoms with van der Waals surface area (Å²) in [6.45, 7) is 1.89. The number of thioether (sulfide) groups is 1. The SMILES string of the molecule is CCC(=CCSc1nc(N)cc(N)n1)C(=O)OC. The van der Waals surface area contributed by atoms with Crippen molar-refractivity contribution in [2.75, 3.05) is 24.3 Å². The highest BCUT2D eigenvalue weighted by molar-refractivity contribution is 7.99. The van der Waals surface area contributed by atoms with E-state index in [4.69, 9.17) is 11.5 Å². The summed E-state index contributed by atoms with van der Waals surface area (Å²) in [4.78, 5) is 19.4. The second-order valence-corrected chi connectivity index (χ2v) is 4.37. The molecule has 0 aliphatic rings. The number of methoxy groups -OCH3 is 1. The molecule has 0 bridgehead atoms. The fraction of sp³-hybridized carbons (Fsp3) is 0.364. The number of rotatable bonds is 5. The van der Waals surface area contributed by atoms with Crippen LogP contribution in [0.2, 0.25) is 0 Å². The van der Waals surface area contributed by atoms with Crippen LogP contribution in [0.4, 0.5) is 11.6 Å². The van der Waals surface area contributed by atoms with Gasteiger partial charge in [0.2, 0.25) is 0 Å². The zero-order valence-corrected chi connectivity index (χ0v) is 11.2. The van der Waals surface area contributed by atoms with Crippen molar-refractivity contribution < 1.29 is 9.53 Å². The lowest BCUT2D eigenvalue weighted by Crippen LogP contribution is -2.04. The highest BCUT2D eigenvalue weighted by atomic mass is 32.2. The van der Waals surface area contributed by atoms with E-state index in [0.717, 1.165) is 0 Å². The predicted octanol–water partition coefficient (Wildman–Crippen LogP) is 1.24. The van der Waals surface area contributed by atoms with Gasteiger partial charge in [-0.3, -0.25) is 0 Å². The molecule has 0 fully saturated rings. The minimum Gasteiger partial charge on any atom is -0.466 e. The number of nitrogens with two attached hydrogens (primary N) is 2. The first kappa shape index (κ1) is 14.3. The Morgan fingerprint density at radius 2 is 2.06 bits per heavy atom. The van der Waals surface area contributed by atoms with Gasteiger partial charge in [0, 0.05) is 17.4 Å². The summed E-state index contributed by atoms with van der Waals surface area (Å²) in [5.74, 6) is 0.905. The van der Waals surface area contributed by atoms with Crippen molar-refractivity contribution in [3.63, 3.8) is 0 Å². The molecule has 6 nitrogen and oxygen atoms in total. The maximum absolute atomic E-state index is 11.3. The molecule has 1 aromatic rings. The van der Waals surface area contributed by atoms with E-state index in [0.29, 0.717) is 34.5 Å². The summed E-state index contributed by atoms with van der Waals surface area (Å²) in [6, 6.07) is 1.49. The average Bonchev–Trinajstić information content (AvgIpc) is 2.32. The van der Waals surface area contributed by atoms with Crippen LogP contribution in [0.5, 0.6) is 0 Å². The molecule has 0 atom stereocenters. The van der Waals surface area contributed by atoms with Crippen LogP contribution in [0.1, 0.15) is 13.3 Å². The van der Waals surface area contributed by atoms with Crippen LogP contribution in [0, 0.1) is 0 Å². The van der Waals surface area contributed by atoms with Crippen LogP contribution in [0.25, 0.3) is 0 Å². The molecule has 0 amide bonds. The molecule has 0 aliphatic carbocycles. The van der Waals surface area contributed by atoms with Gasteiger partial charge in [-0.25, -0.2) is 14.8 Å². The third-order valence-corrected chi connectivity index (χ3v) is 2.89. The minimum absolute atomic E-state index is 0.314. The van der Waals surface area contributed by atoms with Gasteiger partial charge >= 0.3 is 5.97 Å². The predicted molar refractivity (Wildman–Crippen MR) is 72.0 cm³/mol. The monoisotopic (exact) mass is 268 g/mol. The van der Waals surface area contributed by atoms with Crippen LogP contribution in [0.15, 0.2) is 22.9 Å². The van der Waals surface area contributed by atoms with Gasteiger partial charge in [0.25, 0.3) is 0 Å². The lowest BCUT2D eigenvalue weighted by Gasteiger charge is -2.03. The first-order valence-corrected chi connectivity index (χ1v) is 6.35. The quantitative estimate of drug-likeness (QED) is 0.358. The van der Waals surface area contributed by atoms with Crippen molar-refractivity contribution in [2.45, 2.75) is 18.5 Å². The Hall–Kier alpha value is -1.76. The fourth-order valence-electron chi connectivity index (χ4n) is 1.25. The molecule has 98 valence electrons. The summed E-state index contributed by atoms with van der Waals surface area (Å²) >= 11 is 1.35. The minimum atomic E-state index is -0.314. The Balaban J connectivity index is 2.64. The molecule has 0 unspecified atom stereocenters. The molecule has 1 heterocycles. The van der Waals surface area contributed by atoms with Crippen molar-refractivity contribution >= 4 is 29.4 Å². The van der Waals surface area contributed by atoms with Crippen LogP contribution in [-0.2, 0) is 9.53 Å². The molecule has 18 heavy (non-hydrogen) atoms. The molecule has 4 N–H and O–H groups in total. The maximum Gasteiger partial charge on any atom is 0.333 e. The van der Waals surface area contributed by atoms with Gasteiger partial charge in [-0.05, 0) is 6.42 Å². The number of anilines is 2. The van der Waals surface area contributed by atoms with Gasteiger partial charge in [0.1, 0.15) is 11.6 Å². The summed E-state index contributed by atoms with van der Waals surface area (Å²) in [5, 5.41) is 0.490. The number of hydrogen-bond acceptors (Lipinski definition) is 7. The number of aromatic nitrogens is 2. The number of esters is 1. The Bertz CT molecular complexity index is 442. The van der Waals surface area contributed by atoms with Gasteiger partial charge in [0.15, 0.2) is 5.16 Å². The summed E-state index contributed by atoms with van der Waals surface area (Å²) in [5.41, 5.74) is 11.7. The van der Waals surface area contributed by atoms with Gasteiger partial charge in [0.05, 0.1) is 7.11 Å². The average molecular weight is 268 g/mol. The number of carbonyl (C=O) groups excluding carboxylic acids is 1. The zero-order chi connectivity index (χ0) is 13.5. The lowest BCUT2D eigenvalue weighted by molar-refractivity contribution is -0.136. The maximum atomic E-state index is 11.3. The topological polar surface area (TPSA) is 104 Å². The zero-order valence-electron chi connectivity index (χ0n) is 10.3. The Morgan fingerprint density at radius 3 is 2.56 bits per heavy atom. The highest BCUT2D eigenvalue weighted by Gasteiger charge is 2.06. The molecule has 0 spiro atoms. The highest BCUT2D eigenvalue weighted by Crippen LogP contribution is 2.17. The van der Waals surface area contributed by atoms with Crippen LogP contribution >= 0.6 is 11.8 Å². The number of carbonyl (C=O) groups is 1. The molecule has 1 rings (SSSR count). The second-order valence-electron chi connectivity index (χ2n) is 3.39. The number of nitrogens with zero attached hydrogens (tertiary/aromatic N) is 2. The van der Waals surface area contributed by atoms with E-state index in [1.807, 2.05) is 6.92 Å². The lowest BCUT2D eigenvalue weighted by atomic mass is 10.2. The van der Waals surface area contributed by atoms with E-state index >= 15 is 0 Å². The van der Waals surface area contributed by atoms with Crippen molar-refractivity contribution in [3.8, 4) is 0 Å². The summed E-state index contributed by atoms with van der Waals surface area (Å²) in [6.07, 6.45) is 2.41. The largest absolute Gasteiger partial charge is 0.466 e. The molecule has 7 heteroatoms. The first-order chi connectivity index (χ1) is 8.56. The van der Waals surface area contributed by atoms with Gasteiger partial charge in [-0.1, -0.05) is 24.8 Å². The molecule has 0 saturated carbocycles. The van der Waals surface area contributed by atoms with Crippen molar-refractivity contribution in [2.24, 2.45) is 0 Å². The van der Waals surface area contributed by atoms with Crippen molar-refractivity contribution in [3.05, 3.63) is 17.7 Å². The Morgan fingerprint density at radius 1 is 1.44 bits per heavy atom. The molecule has 0 saturated heterocycles. The standard InChI is InChI=1S/C11H16N4O2S/c1-3-7(10(16)17-2)4-5-18-11-14-8(12)6-9(13)15-11/h4,6H,3,5H2,1-2H3,(H4,12,13,14,15). The van der Waals surface area contributed by atoms with Crippen molar-refractivity contribution in [1.29, 1.82) is 0 Å². The molecular formula is C11H16N4O2S. The normalized spacial score (nSPS) is 11.3. The molecule has 1 aromatic heterocycles. The summed E-state index contributed by atoms with van der Waals surface area (Å²) < 4.78 is 4.66. The Labute approximate surface area is 110 Å². The van der Waals surface area contributed by atoms with E-state index in [1.54, 1.807) is 6.08 Å². The molecular weight excluding hydrogens is 252 g/mol. The summed E-state index contributed by atoms with van der Waals surface area (Å²) in [7, 11) is 1.36. The van der Waals surface area contributed by atoms with Crippen LogP contribution in [0.3, 0.4) is 0 Å². The van der Waals surface area contributed by atoms with Crippen molar-refractivity contribution in [1.82, 2.24) is 9.97 Å². The van der Waals surface area contributed by atoms with Gasteiger partial charge < -0.3 is 16.2 Å². The van der Waals surface area contributed by atoms with Gasteiger partial charge in [-0.2, -0.15) is 0 Å². The fourth-order valence-corrected chi connectivity index (χ4v) is 2.02.